The van der Waals surface area contributed by atoms with Crippen molar-refractivity contribution in [3.63, 3.8) is 0 Å². The molecule has 13 heteroatoms. The van der Waals surface area contributed by atoms with Gasteiger partial charge in [-0.25, -0.2) is 0 Å². The first kappa shape index (κ1) is 46.5. The van der Waals surface area contributed by atoms with E-state index >= 15 is 0 Å². The van der Waals surface area contributed by atoms with Crippen LogP contribution in [0.15, 0.2) is 52.9 Å². The number of anilines is 1. The number of hydrogen-bond donors (Lipinski definition) is 0. The van der Waals surface area contributed by atoms with E-state index < -0.39 is 16.8 Å². The number of nitrogens with zero attached hydrogens (tertiary/aromatic N) is 5. The predicted molar refractivity (Wildman–Crippen MR) is 229 cm³/mol. The van der Waals surface area contributed by atoms with E-state index in [2.05, 4.69) is 43.9 Å². The van der Waals surface area contributed by atoms with Crippen LogP contribution in [-0.4, -0.2) is 154 Å². The summed E-state index contributed by atoms with van der Waals surface area (Å²) in [7, 11) is 4.04. The summed E-state index contributed by atoms with van der Waals surface area (Å²) in [6.45, 7) is 23.2. The van der Waals surface area contributed by atoms with Crippen LogP contribution in [0.5, 0.6) is 5.75 Å². The molecule has 0 aliphatic carbocycles. The molecule has 0 saturated carbocycles. The minimum absolute atomic E-state index is 0.101. The molecule has 0 atom stereocenters. The van der Waals surface area contributed by atoms with Gasteiger partial charge in [-0.3, -0.25) is 29.1 Å². The Labute approximate surface area is 346 Å². The van der Waals surface area contributed by atoms with Gasteiger partial charge in [-0.2, -0.15) is 0 Å². The van der Waals surface area contributed by atoms with Crippen LogP contribution in [-0.2, 0) is 28.6 Å². The van der Waals surface area contributed by atoms with Crippen molar-refractivity contribution in [1.82, 2.24) is 19.6 Å². The molecule has 1 saturated heterocycles. The molecule has 2 aromatic carbocycles. The van der Waals surface area contributed by atoms with Crippen molar-refractivity contribution < 1.29 is 37.7 Å². The fraction of sp³-hybridized carbons (Fsp3) is 0.622. The Morgan fingerprint density at radius 1 is 0.603 bits per heavy atom. The standard InChI is InChI=1S/C45H69N5O8/c1-43(2,3)56-40(51)31-48-22-20-47(19-12-28-54-37-17-18-38-35(29-37)30-39(55-38)34-13-15-36(16-14-34)46(10)11)21-23-49(32-41(52)57-44(4,5)6)25-27-50(26-24-48)33-42(53)58-45(7,8)9/h13-18,29-30H,12,19-28,31-33H2,1-11H3. The zero-order valence-corrected chi connectivity index (χ0v) is 37.0. The van der Waals surface area contributed by atoms with Crippen molar-refractivity contribution in [2.75, 3.05) is 104 Å². The average molecular weight is 808 g/mol. The highest BCUT2D eigenvalue weighted by atomic mass is 16.6. The van der Waals surface area contributed by atoms with Crippen LogP contribution in [0.4, 0.5) is 5.69 Å². The van der Waals surface area contributed by atoms with Gasteiger partial charge >= 0.3 is 17.9 Å². The van der Waals surface area contributed by atoms with E-state index in [1.165, 1.54) is 0 Å². The van der Waals surface area contributed by atoms with Gasteiger partial charge in [0.2, 0.25) is 0 Å². The Morgan fingerprint density at radius 2 is 1.03 bits per heavy atom. The fourth-order valence-electron chi connectivity index (χ4n) is 6.60. The van der Waals surface area contributed by atoms with Gasteiger partial charge in [0.1, 0.15) is 33.9 Å². The fourth-order valence-corrected chi connectivity index (χ4v) is 6.60. The second-order valence-corrected chi connectivity index (χ2v) is 18.4. The molecule has 13 nitrogen and oxygen atoms in total. The van der Waals surface area contributed by atoms with Crippen molar-refractivity contribution in [2.45, 2.75) is 85.5 Å². The first-order chi connectivity index (χ1) is 27.1. The Morgan fingerprint density at radius 3 is 1.45 bits per heavy atom. The SMILES string of the molecule is CN(C)c1ccc(-c2cc3cc(OCCCN4CCN(CC(=O)OC(C)(C)C)CCN(CC(=O)OC(C)(C)C)CCN(CC(=O)OC(C)(C)C)CC4)ccc3o2)cc1. The van der Waals surface area contributed by atoms with Gasteiger partial charge in [0.25, 0.3) is 0 Å². The maximum atomic E-state index is 13.0. The monoisotopic (exact) mass is 808 g/mol. The zero-order valence-electron chi connectivity index (χ0n) is 37.0. The summed E-state index contributed by atoms with van der Waals surface area (Å²) in [6, 6.07) is 16.2. The lowest BCUT2D eigenvalue weighted by molar-refractivity contribution is -0.158. The van der Waals surface area contributed by atoms with Crippen molar-refractivity contribution in [3.8, 4) is 17.1 Å². The molecule has 4 rings (SSSR count). The van der Waals surface area contributed by atoms with Crippen molar-refractivity contribution in [3.05, 3.63) is 48.5 Å². The van der Waals surface area contributed by atoms with Gasteiger partial charge in [-0.05, 0) is 117 Å². The number of hydrogen-bond acceptors (Lipinski definition) is 13. The Hall–Kier alpha value is -4.17. The van der Waals surface area contributed by atoms with Gasteiger partial charge in [0.15, 0.2) is 0 Å². The second-order valence-electron chi connectivity index (χ2n) is 18.4. The van der Waals surface area contributed by atoms with Crippen LogP contribution < -0.4 is 9.64 Å². The van der Waals surface area contributed by atoms with Crippen molar-refractivity contribution in [1.29, 1.82) is 0 Å². The third-order valence-corrected chi connectivity index (χ3v) is 9.29. The molecule has 0 N–H and O–H groups in total. The highest BCUT2D eigenvalue weighted by Crippen LogP contribution is 2.31. The number of benzene rings is 2. The minimum atomic E-state index is -0.610. The lowest BCUT2D eigenvalue weighted by Crippen LogP contribution is -2.49. The molecule has 2 heterocycles. The smallest absolute Gasteiger partial charge is 0.320 e. The lowest BCUT2D eigenvalue weighted by Gasteiger charge is -2.34. The number of furan rings is 1. The largest absolute Gasteiger partial charge is 0.494 e. The lowest BCUT2D eigenvalue weighted by atomic mass is 10.1. The molecule has 322 valence electrons. The van der Waals surface area contributed by atoms with Crippen molar-refractivity contribution in [2.24, 2.45) is 0 Å². The van der Waals surface area contributed by atoms with E-state index in [0.717, 1.165) is 46.7 Å². The second kappa shape index (κ2) is 20.7. The van der Waals surface area contributed by atoms with E-state index in [1.807, 2.05) is 106 Å². The first-order valence-electron chi connectivity index (χ1n) is 20.6. The van der Waals surface area contributed by atoms with Crippen LogP contribution in [0, 0.1) is 0 Å². The summed E-state index contributed by atoms with van der Waals surface area (Å²) in [6.07, 6.45) is 0.773. The molecule has 1 aliphatic heterocycles. The summed E-state index contributed by atoms with van der Waals surface area (Å²) in [5.74, 6) is 0.701. The third kappa shape index (κ3) is 17.0. The molecule has 0 unspecified atom stereocenters. The van der Waals surface area contributed by atoms with Crippen LogP contribution in [0.3, 0.4) is 0 Å². The van der Waals surface area contributed by atoms with Gasteiger partial charge < -0.3 is 33.2 Å². The first-order valence-corrected chi connectivity index (χ1v) is 20.6. The molecule has 0 spiro atoms. The quantitative estimate of drug-likeness (QED) is 0.111. The zero-order chi connectivity index (χ0) is 42.7. The summed E-state index contributed by atoms with van der Waals surface area (Å²) >= 11 is 0. The molecule has 0 bridgehead atoms. The molecule has 1 aromatic heterocycles. The number of carbonyl (C=O) groups is 3. The Kier molecular flexibility index (Phi) is 16.6. The Balaban J connectivity index is 1.44. The number of esters is 3. The summed E-state index contributed by atoms with van der Waals surface area (Å²) < 4.78 is 29.5. The number of rotatable bonds is 13. The summed E-state index contributed by atoms with van der Waals surface area (Å²) in [5.41, 5.74) is 1.14. The molecular formula is C45H69N5O8. The molecule has 0 radical (unpaired) electrons. The third-order valence-electron chi connectivity index (χ3n) is 9.29. The molecule has 3 aromatic rings. The maximum absolute atomic E-state index is 13.0. The van der Waals surface area contributed by atoms with E-state index in [-0.39, 0.29) is 37.5 Å². The number of carbonyl (C=O) groups excluding carboxylic acids is 3. The molecule has 0 amide bonds. The van der Waals surface area contributed by atoms with Crippen LogP contribution in [0.2, 0.25) is 0 Å². The van der Waals surface area contributed by atoms with Crippen molar-refractivity contribution >= 4 is 34.6 Å². The summed E-state index contributed by atoms with van der Waals surface area (Å²) in [4.78, 5) is 49.7. The maximum Gasteiger partial charge on any atom is 0.320 e. The molecular weight excluding hydrogens is 739 g/mol. The highest BCUT2D eigenvalue weighted by molar-refractivity contribution is 5.84. The van der Waals surface area contributed by atoms with Crippen LogP contribution in [0.1, 0.15) is 68.7 Å². The molecule has 58 heavy (non-hydrogen) atoms. The van der Waals surface area contributed by atoms with Crippen LogP contribution >= 0.6 is 0 Å². The Bertz CT molecular complexity index is 1720. The van der Waals surface area contributed by atoms with E-state index in [1.54, 1.807) is 0 Å². The summed E-state index contributed by atoms with van der Waals surface area (Å²) in [5, 5.41) is 0.979. The van der Waals surface area contributed by atoms with Gasteiger partial charge in [-0.1, -0.05) is 0 Å². The average Bonchev–Trinajstić information content (AvgIpc) is 3.52. The highest BCUT2D eigenvalue weighted by Gasteiger charge is 2.25. The van der Waals surface area contributed by atoms with E-state index in [4.69, 9.17) is 23.4 Å². The van der Waals surface area contributed by atoms with Crippen LogP contribution in [0.25, 0.3) is 22.3 Å². The number of ether oxygens (including phenoxy) is 4. The van der Waals surface area contributed by atoms with E-state index in [0.29, 0.717) is 59.0 Å². The van der Waals surface area contributed by atoms with Gasteiger partial charge in [0, 0.05) is 89.6 Å². The number of fused-ring (bicyclic) bond motifs is 1. The normalized spacial score (nSPS) is 16.3. The predicted octanol–water partition coefficient (Wildman–Crippen LogP) is 6.18. The van der Waals surface area contributed by atoms with E-state index in [9.17, 15) is 14.4 Å². The van der Waals surface area contributed by atoms with Gasteiger partial charge in [-0.15, -0.1) is 0 Å². The molecule has 1 fully saturated rings. The minimum Gasteiger partial charge on any atom is -0.494 e. The van der Waals surface area contributed by atoms with Gasteiger partial charge in [0.05, 0.1) is 26.2 Å². The molecule has 1 aliphatic rings. The topological polar surface area (TPSA) is 117 Å².